The van der Waals surface area contributed by atoms with Crippen LogP contribution in [0.5, 0.6) is 0 Å². The lowest BCUT2D eigenvalue weighted by atomic mass is 9.88. The molecule has 0 radical (unpaired) electrons. The molecule has 1 atom stereocenters. The molecule has 2 N–H and O–H groups in total. The Labute approximate surface area is 84.3 Å². The minimum absolute atomic E-state index is 0.121. The summed E-state index contributed by atoms with van der Waals surface area (Å²) in [4.78, 5) is 0. The van der Waals surface area contributed by atoms with Crippen LogP contribution in [0.3, 0.4) is 0 Å². The molecule has 0 amide bonds. The summed E-state index contributed by atoms with van der Waals surface area (Å²) < 4.78 is 0. The third-order valence-electron chi connectivity index (χ3n) is 2.82. The topological polar surface area (TPSA) is 32.3 Å². The summed E-state index contributed by atoms with van der Waals surface area (Å²) in [6.45, 7) is 4.87. The van der Waals surface area contributed by atoms with Gasteiger partial charge in [-0.1, -0.05) is 42.5 Å². The Bertz CT molecular complexity index is 333. The molecule has 0 spiro atoms. The fourth-order valence-corrected chi connectivity index (χ4v) is 2.01. The van der Waals surface area contributed by atoms with Crippen LogP contribution in [-0.2, 0) is 5.54 Å². The average molecular weight is 189 g/mol. The van der Waals surface area contributed by atoms with E-state index in [4.69, 9.17) is 0 Å². The average Bonchev–Trinajstić information content (AvgIpc) is 2.63. The summed E-state index contributed by atoms with van der Waals surface area (Å²) in [6.07, 6.45) is 0.827. The Morgan fingerprint density at radius 1 is 1.36 bits per heavy atom. The van der Waals surface area contributed by atoms with E-state index in [-0.39, 0.29) is 12.1 Å². The van der Waals surface area contributed by atoms with Gasteiger partial charge in [-0.25, -0.2) is 0 Å². The van der Waals surface area contributed by atoms with Crippen molar-refractivity contribution in [3.8, 4) is 0 Å². The van der Waals surface area contributed by atoms with Crippen molar-refractivity contribution in [2.45, 2.75) is 12.0 Å². The second kappa shape index (κ2) is 3.56. The Morgan fingerprint density at radius 2 is 2.07 bits per heavy atom. The standard InChI is InChI=1S/C12H15NO/c1-10-7-12(9-14,13-8-10)11-5-3-2-4-6-11/h2-6,13-14H,1,7-9H2. The maximum atomic E-state index is 9.48. The molecule has 1 fully saturated rings. The van der Waals surface area contributed by atoms with Crippen molar-refractivity contribution in [3.63, 3.8) is 0 Å². The van der Waals surface area contributed by atoms with Crippen molar-refractivity contribution < 1.29 is 5.11 Å². The van der Waals surface area contributed by atoms with E-state index in [2.05, 4.69) is 11.9 Å². The third-order valence-corrected chi connectivity index (χ3v) is 2.82. The molecule has 0 aliphatic carbocycles. The highest BCUT2D eigenvalue weighted by molar-refractivity contribution is 5.30. The van der Waals surface area contributed by atoms with Crippen molar-refractivity contribution in [3.05, 3.63) is 48.0 Å². The number of hydrogen-bond donors (Lipinski definition) is 2. The second-order valence-corrected chi connectivity index (χ2v) is 3.89. The first-order valence-corrected chi connectivity index (χ1v) is 4.85. The lowest BCUT2D eigenvalue weighted by molar-refractivity contribution is 0.180. The fourth-order valence-electron chi connectivity index (χ4n) is 2.01. The number of benzene rings is 1. The van der Waals surface area contributed by atoms with Gasteiger partial charge in [0.25, 0.3) is 0 Å². The summed E-state index contributed by atoms with van der Waals surface area (Å²) in [5, 5.41) is 12.8. The number of aliphatic hydroxyl groups is 1. The molecule has 1 aliphatic rings. The SMILES string of the molecule is C=C1CNC(CO)(c2ccccc2)C1. The predicted molar refractivity (Wildman–Crippen MR) is 57.0 cm³/mol. The molecule has 1 saturated heterocycles. The van der Waals surface area contributed by atoms with Crippen LogP contribution in [0.1, 0.15) is 12.0 Å². The summed E-state index contributed by atoms with van der Waals surface area (Å²) >= 11 is 0. The van der Waals surface area contributed by atoms with Crippen molar-refractivity contribution in [2.75, 3.05) is 13.2 Å². The smallest absolute Gasteiger partial charge is 0.0709 e. The molecule has 2 heteroatoms. The number of rotatable bonds is 2. The van der Waals surface area contributed by atoms with E-state index < -0.39 is 0 Å². The maximum absolute atomic E-state index is 9.48. The zero-order valence-electron chi connectivity index (χ0n) is 8.16. The van der Waals surface area contributed by atoms with Gasteiger partial charge in [0.15, 0.2) is 0 Å². The number of hydrogen-bond acceptors (Lipinski definition) is 2. The first-order chi connectivity index (χ1) is 6.77. The predicted octanol–water partition coefficient (Wildman–Crippen LogP) is 1.42. The Balaban J connectivity index is 2.34. The van der Waals surface area contributed by atoms with Crippen molar-refractivity contribution in [1.29, 1.82) is 0 Å². The normalized spacial score (nSPS) is 26.8. The zero-order valence-corrected chi connectivity index (χ0v) is 8.16. The van der Waals surface area contributed by atoms with Gasteiger partial charge >= 0.3 is 0 Å². The Kier molecular flexibility index (Phi) is 2.40. The van der Waals surface area contributed by atoms with E-state index in [0.717, 1.165) is 24.1 Å². The van der Waals surface area contributed by atoms with E-state index in [0.29, 0.717) is 0 Å². The first-order valence-electron chi connectivity index (χ1n) is 4.85. The number of nitrogens with one attached hydrogen (secondary N) is 1. The lowest BCUT2D eigenvalue weighted by Crippen LogP contribution is -2.40. The van der Waals surface area contributed by atoms with Crippen molar-refractivity contribution in [2.24, 2.45) is 0 Å². The second-order valence-electron chi connectivity index (χ2n) is 3.89. The van der Waals surface area contributed by atoms with Gasteiger partial charge in [0.1, 0.15) is 0 Å². The summed E-state index contributed by atoms with van der Waals surface area (Å²) in [5.74, 6) is 0. The maximum Gasteiger partial charge on any atom is 0.0709 e. The summed E-state index contributed by atoms with van der Waals surface area (Å²) in [5.41, 5.74) is 2.00. The molecule has 1 aromatic rings. The zero-order chi connectivity index (χ0) is 10.0. The van der Waals surface area contributed by atoms with E-state index in [1.807, 2.05) is 30.3 Å². The van der Waals surface area contributed by atoms with Gasteiger partial charge in [0.05, 0.1) is 12.1 Å². The Hall–Kier alpha value is -1.12. The van der Waals surface area contributed by atoms with Gasteiger partial charge in [-0.2, -0.15) is 0 Å². The van der Waals surface area contributed by atoms with E-state index in [9.17, 15) is 5.11 Å². The highest BCUT2D eigenvalue weighted by atomic mass is 16.3. The molecule has 1 aromatic carbocycles. The van der Waals surface area contributed by atoms with Crippen molar-refractivity contribution in [1.82, 2.24) is 5.32 Å². The molecule has 14 heavy (non-hydrogen) atoms. The summed E-state index contributed by atoms with van der Waals surface area (Å²) in [6, 6.07) is 10.1. The Morgan fingerprint density at radius 3 is 2.57 bits per heavy atom. The minimum Gasteiger partial charge on any atom is -0.394 e. The van der Waals surface area contributed by atoms with E-state index >= 15 is 0 Å². The van der Waals surface area contributed by atoms with Crippen LogP contribution >= 0.6 is 0 Å². The van der Waals surface area contributed by atoms with Crippen LogP contribution in [0.15, 0.2) is 42.5 Å². The summed E-state index contributed by atoms with van der Waals surface area (Å²) in [7, 11) is 0. The van der Waals surface area contributed by atoms with Gasteiger partial charge < -0.3 is 10.4 Å². The molecule has 2 rings (SSSR count). The monoisotopic (exact) mass is 189 g/mol. The first kappa shape index (κ1) is 9.44. The van der Waals surface area contributed by atoms with Gasteiger partial charge in [-0.05, 0) is 12.0 Å². The van der Waals surface area contributed by atoms with E-state index in [1.54, 1.807) is 0 Å². The quantitative estimate of drug-likeness (QED) is 0.690. The van der Waals surface area contributed by atoms with Gasteiger partial charge in [0, 0.05) is 6.54 Å². The van der Waals surface area contributed by atoms with Crippen LogP contribution < -0.4 is 5.32 Å². The molecule has 74 valence electrons. The largest absolute Gasteiger partial charge is 0.394 e. The minimum atomic E-state index is -0.293. The molecule has 1 aliphatic heterocycles. The highest BCUT2D eigenvalue weighted by Crippen LogP contribution is 2.32. The molecule has 1 unspecified atom stereocenters. The fraction of sp³-hybridized carbons (Fsp3) is 0.333. The molecular formula is C12H15NO. The van der Waals surface area contributed by atoms with Crippen LogP contribution in [0.25, 0.3) is 0 Å². The van der Waals surface area contributed by atoms with Crippen LogP contribution in [-0.4, -0.2) is 18.3 Å². The van der Waals surface area contributed by atoms with Gasteiger partial charge in [-0.3, -0.25) is 0 Å². The molecule has 0 bridgehead atoms. The molecule has 0 aromatic heterocycles. The molecule has 1 heterocycles. The highest BCUT2D eigenvalue weighted by Gasteiger charge is 2.35. The molecule has 2 nitrogen and oxygen atoms in total. The van der Waals surface area contributed by atoms with Crippen LogP contribution in [0, 0.1) is 0 Å². The lowest BCUT2D eigenvalue weighted by Gasteiger charge is -2.27. The van der Waals surface area contributed by atoms with Crippen molar-refractivity contribution >= 4 is 0 Å². The molecular weight excluding hydrogens is 174 g/mol. The number of aliphatic hydroxyl groups excluding tert-OH is 1. The van der Waals surface area contributed by atoms with Crippen LogP contribution in [0.2, 0.25) is 0 Å². The van der Waals surface area contributed by atoms with Gasteiger partial charge in [-0.15, -0.1) is 0 Å². The molecule has 0 saturated carbocycles. The van der Waals surface area contributed by atoms with Gasteiger partial charge in [0.2, 0.25) is 0 Å². The van der Waals surface area contributed by atoms with E-state index in [1.165, 1.54) is 0 Å². The van der Waals surface area contributed by atoms with Crippen LogP contribution in [0.4, 0.5) is 0 Å². The third kappa shape index (κ3) is 1.47.